The molecule has 1 aromatic rings. The fourth-order valence-electron chi connectivity index (χ4n) is 0.654. The van der Waals surface area contributed by atoms with Gasteiger partial charge in [0.15, 0.2) is 0 Å². The van der Waals surface area contributed by atoms with Gasteiger partial charge in [0.05, 0.1) is 0 Å². The van der Waals surface area contributed by atoms with Crippen molar-refractivity contribution in [1.82, 2.24) is 0 Å². The van der Waals surface area contributed by atoms with Crippen LogP contribution in [0, 0.1) is 0 Å². The summed E-state index contributed by atoms with van der Waals surface area (Å²) in [6.45, 7) is 0. The average Bonchev–Trinajstić information content (AvgIpc) is 1.88. The van der Waals surface area contributed by atoms with E-state index in [1.165, 1.54) is 12.1 Å². The number of carboxylic acids is 1. The first-order valence-electron chi connectivity index (χ1n) is 2.73. The zero-order valence-corrected chi connectivity index (χ0v) is 8.47. The fraction of sp³-hybridized carbons (Fsp3) is 0. The molecule has 1 rings (SSSR count). The van der Waals surface area contributed by atoms with Crippen LogP contribution in [-0.2, 0) is 0 Å². The Kier molecular flexibility index (Phi) is 3.95. The van der Waals surface area contributed by atoms with Crippen molar-refractivity contribution in [2.75, 3.05) is 0 Å². The van der Waals surface area contributed by atoms with Crippen LogP contribution in [-0.4, -0.2) is 40.1 Å². The van der Waals surface area contributed by atoms with Crippen LogP contribution >= 0.6 is 0 Å². The predicted molar refractivity (Wildman–Crippen MR) is 40.8 cm³/mol. The van der Waals surface area contributed by atoms with E-state index in [1.807, 2.05) is 0 Å². The summed E-state index contributed by atoms with van der Waals surface area (Å²) >= 11 is 0. The van der Waals surface area contributed by atoms with E-state index in [1.54, 1.807) is 12.1 Å². The van der Waals surface area contributed by atoms with Gasteiger partial charge in [0, 0.05) is 23.9 Å². The zero-order chi connectivity index (χ0) is 7.56. The Morgan fingerprint density at radius 2 is 1.82 bits per heavy atom. The molecular formula is C7H6O3Sn. The summed E-state index contributed by atoms with van der Waals surface area (Å²) in [6.07, 6.45) is 0. The Balaban J connectivity index is 0.000001000. The van der Waals surface area contributed by atoms with Gasteiger partial charge in [0.1, 0.15) is 11.3 Å². The van der Waals surface area contributed by atoms with Gasteiger partial charge in [-0.2, -0.15) is 0 Å². The fourth-order valence-corrected chi connectivity index (χ4v) is 0.654. The maximum absolute atomic E-state index is 10.3. The van der Waals surface area contributed by atoms with E-state index in [0.717, 1.165) is 0 Å². The molecule has 0 aliphatic carbocycles. The van der Waals surface area contributed by atoms with E-state index < -0.39 is 5.97 Å². The second-order valence-electron chi connectivity index (χ2n) is 1.82. The number of benzene rings is 1. The summed E-state index contributed by atoms with van der Waals surface area (Å²) in [5, 5.41) is 17.3. The number of carbonyl (C=O) groups is 1. The molecule has 4 radical (unpaired) electrons. The number of hydrogen-bond donors (Lipinski definition) is 2. The summed E-state index contributed by atoms with van der Waals surface area (Å²) in [5.74, 6) is -1.31. The Labute approximate surface area is 80.6 Å². The van der Waals surface area contributed by atoms with E-state index >= 15 is 0 Å². The van der Waals surface area contributed by atoms with Gasteiger partial charge in [0.2, 0.25) is 0 Å². The molecule has 3 nitrogen and oxygen atoms in total. The number of phenols is 1. The second kappa shape index (κ2) is 4.23. The molecule has 0 fully saturated rings. The zero-order valence-electron chi connectivity index (χ0n) is 5.61. The molecule has 1 aromatic carbocycles. The third kappa shape index (κ3) is 2.42. The van der Waals surface area contributed by atoms with Crippen molar-refractivity contribution < 1.29 is 15.0 Å². The smallest absolute Gasteiger partial charge is 0.339 e. The first kappa shape index (κ1) is 10.3. The molecular weight excluding hydrogens is 251 g/mol. The molecule has 0 unspecified atom stereocenters. The monoisotopic (exact) mass is 258 g/mol. The minimum Gasteiger partial charge on any atom is -0.507 e. The van der Waals surface area contributed by atoms with E-state index in [9.17, 15) is 4.79 Å². The SMILES string of the molecule is O=C(O)c1ccccc1O.[Sn]. The van der Waals surface area contributed by atoms with Crippen LogP contribution in [0.5, 0.6) is 5.75 Å². The Hall–Kier alpha value is -0.711. The van der Waals surface area contributed by atoms with Crippen LogP contribution in [0.3, 0.4) is 0 Å². The largest absolute Gasteiger partial charge is 0.507 e. The Morgan fingerprint density at radius 1 is 1.27 bits per heavy atom. The van der Waals surface area contributed by atoms with Gasteiger partial charge < -0.3 is 10.2 Å². The van der Waals surface area contributed by atoms with E-state index in [2.05, 4.69) is 0 Å². The number of hydrogen-bond acceptors (Lipinski definition) is 2. The molecule has 0 aromatic heterocycles. The van der Waals surface area contributed by atoms with Crippen molar-refractivity contribution in [1.29, 1.82) is 0 Å². The van der Waals surface area contributed by atoms with Crippen molar-refractivity contribution >= 4 is 29.9 Å². The van der Waals surface area contributed by atoms with Gasteiger partial charge in [-0.3, -0.25) is 0 Å². The standard InChI is InChI=1S/C7H6O3.Sn/c8-6-4-2-1-3-5(6)7(9)10;/h1-4,8H,(H,9,10);. The number of rotatable bonds is 1. The quantitative estimate of drug-likeness (QED) is 0.728. The van der Waals surface area contributed by atoms with Crippen molar-refractivity contribution in [3.05, 3.63) is 29.8 Å². The van der Waals surface area contributed by atoms with Crippen molar-refractivity contribution in [3.63, 3.8) is 0 Å². The summed E-state index contributed by atoms with van der Waals surface area (Å²) < 4.78 is 0. The number of carboxylic acid groups (broad SMARTS) is 1. The van der Waals surface area contributed by atoms with Crippen LogP contribution in [0.1, 0.15) is 10.4 Å². The second-order valence-corrected chi connectivity index (χ2v) is 1.82. The molecule has 56 valence electrons. The molecule has 0 amide bonds. The summed E-state index contributed by atoms with van der Waals surface area (Å²) in [4.78, 5) is 10.3. The molecule has 11 heavy (non-hydrogen) atoms. The Bertz CT molecular complexity index is 260. The molecule has 0 aliphatic heterocycles. The van der Waals surface area contributed by atoms with Crippen LogP contribution in [0.4, 0.5) is 0 Å². The van der Waals surface area contributed by atoms with Crippen molar-refractivity contribution in [2.24, 2.45) is 0 Å². The molecule has 0 atom stereocenters. The summed E-state index contributed by atoms with van der Waals surface area (Å²) in [5.41, 5.74) is -0.0671. The Morgan fingerprint density at radius 3 is 2.18 bits per heavy atom. The molecule has 2 N–H and O–H groups in total. The third-order valence-electron chi connectivity index (χ3n) is 1.13. The molecule has 0 spiro atoms. The minimum absolute atomic E-state index is 0. The number of para-hydroxylation sites is 1. The molecule has 0 bridgehead atoms. The van der Waals surface area contributed by atoms with Gasteiger partial charge >= 0.3 is 5.97 Å². The van der Waals surface area contributed by atoms with Gasteiger partial charge in [0.25, 0.3) is 0 Å². The maximum Gasteiger partial charge on any atom is 0.339 e. The maximum atomic E-state index is 10.3. The van der Waals surface area contributed by atoms with Crippen molar-refractivity contribution in [2.45, 2.75) is 0 Å². The summed E-state index contributed by atoms with van der Waals surface area (Å²) in [6, 6.07) is 5.81. The molecule has 0 aliphatic rings. The number of aromatic hydroxyl groups is 1. The molecule has 0 saturated heterocycles. The number of aromatic carboxylic acids is 1. The first-order valence-corrected chi connectivity index (χ1v) is 2.73. The first-order chi connectivity index (χ1) is 4.72. The van der Waals surface area contributed by atoms with E-state index in [4.69, 9.17) is 10.2 Å². The summed E-state index contributed by atoms with van der Waals surface area (Å²) in [7, 11) is 0. The van der Waals surface area contributed by atoms with Gasteiger partial charge in [-0.05, 0) is 12.1 Å². The molecule has 4 heteroatoms. The average molecular weight is 257 g/mol. The normalized spacial score (nSPS) is 8.36. The van der Waals surface area contributed by atoms with Gasteiger partial charge in [-0.25, -0.2) is 4.79 Å². The van der Waals surface area contributed by atoms with Crippen LogP contribution in [0.25, 0.3) is 0 Å². The van der Waals surface area contributed by atoms with E-state index in [0.29, 0.717) is 0 Å². The van der Waals surface area contributed by atoms with Crippen molar-refractivity contribution in [3.8, 4) is 5.75 Å². The third-order valence-corrected chi connectivity index (χ3v) is 1.13. The topological polar surface area (TPSA) is 57.5 Å². The molecule has 0 heterocycles. The van der Waals surface area contributed by atoms with Gasteiger partial charge in [-0.1, -0.05) is 12.1 Å². The van der Waals surface area contributed by atoms with Gasteiger partial charge in [-0.15, -0.1) is 0 Å². The van der Waals surface area contributed by atoms with Crippen LogP contribution in [0.2, 0.25) is 0 Å². The van der Waals surface area contributed by atoms with E-state index in [-0.39, 0.29) is 35.2 Å². The van der Waals surface area contributed by atoms with Crippen LogP contribution < -0.4 is 0 Å². The molecule has 0 saturated carbocycles. The predicted octanol–water partition coefficient (Wildman–Crippen LogP) is 0.710. The van der Waals surface area contributed by atoms with Crippen LogP contribution in [0.15, 0.2) is 24.3 Å². The minimum atomic E-state index is -1.11.